The molecule has 0 unspecified atom stereocenters. The molecule has 0 bridgehead atoms. The van der Waals surface area contributed by atoms with E-state index in [1.54, 1.807) is 54.3 Å². The van der Waals surface area contributed by atoms with E-state index in [9.17, 15) is 14.9 Å². The third kappa shape index (κ3) is 5.42. The van der Waals surface area contributed by atoms with Crippen molar-refractivity contribution in [2.45, 2.75) is 27.2 Å². The second-order valence-electron chi connectivity index (χ2n) is 6.54. The van der Waals surface area contributed by atoms with Gasteiger partial charge in [-0.3, -0.25) is 14.9 Å². The summed E-state index contributed by atoms with van der Waals surface area (Å²) in [5.41, 5.74) is 2.42. The van der Waals surface area contributed by atoms with Crippen LogP contribution < -0.4 is 10.1 Å². The fourth-order valence-electron chi connectivity index (χ4n) is 2.78. The summed E-state index contributed by atoms with van der Waals surface area (Å²) in [7, 11) is 0. The van der Waals surface area contributed by atoms with E-state index in [0.717, 1.165) is 5.56 Å². The van der Waals surface area contributed by atoms with Gasteiger partial charge in [0, 0.05) is 23.8 Å². The number of ether oxygens (including phenoxy) is 2. The van der Waals surface area contributed by atoms with Crippen molar-refractivity contribution in [3.05, 3.63) is 81.7 Å². The summed E-state index contributed by atoms with van der Waals surface area (Å²) in [4.78, 5) is 23.0. The summed E-state index contributed by atoms with van der Waals surface area (Å²) in [5.74, 6) is 0.258. The minimum Gasteiger partial charge on any atom is -0.489 e. The minimum absolute atomic E-state index is 0.0468. The molecule has 2 aromatic carbocycles. The molecule has 0 radical (unpaired) electrons. The van der Waals surface area contributed by atoms with Crippen LogP contribution in [0.2, 0.25) is 0 Å². The van der Waals surface area contributed by atoms with Crippen molar-refractivity contribution in [1.82, 2.24) is 9.78 Å². The summed E-state index contributed by atoms with van der Waals surface area (Å²) >= 11 is 0. The van der Waals surface area contributed by atoms with Gasteiger partial charge in [0.2, 0.25) is 0 Å². The number of nitro benzene ring substituents is 1. The largest absolute Gasteiger partial charge is 0.489 e. The van der Waals surface area contributed by atoms with Crippen LogP contribution in [0.25, 0.3) is 0 Å². The van der Waals surface area contributed by atoms with Gasteiger partial charge in [0.15, 0.2) is 0 Å². The van der Waals surface area contributed by atoms with Crippen LogP contribution in [-0.2, 0) is 18.1 Å². The number of rotatable bonds is 9. The molecule has 0 aliphatic rings. The third-order valence-corrected chi connectivity index (χ3v) is 4.28. The van der Waals surface area contributed by atoms with Crippen LogP contribution in [0, 0.1) is 17.0 Å². The molecule has 1 heterocycles. The molecule has 1 N–H and O–H groups in total. The van der Waals surface area contributed by atoms with Crippen LogP contribution in [-0.4, -0.2) is 27.2 Å². The molecular weight excluding hydrogens is 388 g/mol. The Balaban J connectivity index is 1.61. The Bertz CT molecular complexity index is 1050. The molecule has 0 aliphatic carbocycles. The second-order valence-corrected chi connectivity index (χ2v) is 6.54. The monoisotopic (exact) mass is 410 g/mol. The van der Waals surface area contributed by atoms with E-state index in [-0.39, 0.29) is 18.2 Å². The van der Waals surface area contributed by atoms with Gasteiger partial charge in [0.05, 0.1) is 23.0 Å². The Morgan fingerprint density at radius 3 is 2.83 bits per heavy atom. The topological polar surface area (TPSA) is 109 Å². The average molecular weight is 410 g/mol. The fourth-order valence-corrected chi connectivity index (χ4v) is 2.78. The number of hydrogen-bond acceptors (Lipinski definition) is 6. The zero-order chi connectivity index (χ0) is 21.5. The van der Waals surface area contributed by atoms with Crippen molar-refractivity contribution in [1.29, 1.82) is 0 Å². The van der Waals surface area contributed by atoms with Crippen LogP contribution in [0.15, 0.2) is 54.9 Å². The predicted octanol–water partition coefficient (Wildman–Crippen LogP) is 3.93. The molecule has 1 amide bonds. The van der Waals surface area contributed by atoms with Gasteiger partial charge in [0.1, 0.15) is 19.1 Å². The number of anilines is 1. The van der Waals surface area contributed by atoms with E-state index in [1.807, 2.05) is 13.0 Å². The smallest absolute Gasteiger partial charge is 0.272 e. The van der Waals surface area contributed by atoms with Gasteiger partial charge in [-0.25, -0.2) is 4.68 Å². The Labute approximate surface area is 173 Å². The van der Waals surface area contributed by atoms with E-state index in [1.165, 1.54) is 6.07 Å². The summed E-state index contributed by atoms with van der Waals surface area (Å²) in [6.45, 7) is 4.68. The fraction of sp³-hybridized carbons (Fsp3) is 0.238. The molecule has 156 valence electrons. The molecule has 0 aliphatic heterocycles. The highest BCUT2D eigenvalue weighted by Crippen LogP contribution is 2.23. The number of aromatic nitrogens is 2. The van der Waals surface area contributed by atoms with Crippen LogP contribution in [0.3, 0.4) is 0 Å². The SMILES string of the molecule is CCOCn1cc(NC(=O)c2cccc(COc3ccc([N+](=O)[O-])c(C)c3)c2)cn1. The number of benzene rings is 2. The van der Waals surface area contributed by atoms with Crippen molar-refractivity contribution in [3.8, 4) is 5.75 Å². The molecule has 1 aromatic heterocycles. The average Bonchev–Trinajstić information content (AvgIpc) is 3.18. The molecule has 30 heavy (non-hydrogen) atoms. The van der Waals surface area contributed by atoms with Gasteiger partial charge in [0.25, 0.3) is 11.6 Å². The van der Waals surface area contributed by atoms with Gasteiger partial charge < -0.3 is 14.8 Å². The second kappa shape index (κ2) is 9.66. The van der Waals surface area contributed by atoms with E-state index >= 15 is 0 Å². The summed E-state index contributed by atoms with van der Waals surface area (Å²) < 4.78 is 12.6. The lowest BCUT2D eigenvalue weighted by atomic mass is 10.1. The number of amides is 1. The number of hydrogen-bond donors (Lipinski definition) is 1. The molecule has 0 atom stereocenters. The van der Waals surface area contributed by atoms with Gasteiger partial charge in [-0.1, -0.05) is 12.1 Å². The molecule has 9 heteroatoms. The Morgan fingerprint density at radius 2 is 2.10 bits per heavy atom. The summed E-state index contributed by atoms with van der Waals surface area (Å²) in [5, 5.41) is 17.8. The van der Waals surface area contributed by atoms with Gasteiger partial charge in [-0.2, -0.15) is 5.10 Å². The molecule has 9 nitrogen and oxygen atoms in total. The number of nitrogens with one attached hydrogen (secondary N) is 1. The van der Waals surface area contributed by atoms with Gasteiger partial charge in [-0.05, 0) is 43.7 Å². The van der Waals surface area contributed by atoms with Crippen molar-refractivity contribution in [3.63, 3.8) is 0 Å². The maximum atomic E-state index is 12.5. The Kier molecular flexibility index (Phi) is 6.76. The Hall–Kier alpha value is -3.72. The predicted molar refractivity (Wildman–Crippen MR) is 110 cm³/mol. The molecule has 3 rings (SSSR count). The lowest BCUT2D eigenvalue weighted by Crippen LogP contribution is -2.12. The number of nitro groups is 1. The molecule has 0 spiro atoms. The number of carbonyl (C=O) groups excluding carboxylic acids is 1. The first-order valence-corrected chi connectivity index (χ1v) is 9.34. The first-order chi connectivity index (χ1) is 14.5. The number of carbonyl (C=O) groups is 1. The van der Waals surface area contributed by atoms with Crippen molar-refractivity contribution >= 4 is 17.3 Å². The van der Waals surface area contributed by atoms with Gasteiger partial charge in [-0.15, -0.1) is 0 Å². The normalized spacial score (nSPS) is 10.6. The maximum Gasteiger partial charge on any atom is 0.272 e. The van der Waals surface area contributed by atoms with Crippen molar-refractivity contribution < 1.29 is 19.2 Å². The van der Waals surface area contributed by atoms with Gasteiger partial charge >= 0.3 is 0 Å². The minimum atomic E-state index is -0.429. The lowest BCUT2D eigenvalue weighted by Gasteiger charge is -2.09. The molecular formula is C21H22N4O5. The van der Waals surface area contributed by atoms with Crippen molar-refractivity contribution in [2.24, 2.45) is 0 Å². The highest BCUT2D eigenvalue weighted by molar-refractivity contribution is 6.04. The maximum absolute atomic E-state index is 12.5. The van der Waals surface area contributed by atoms with E-state index in [4.69, 9.17) is 9.47 Å². The van der Waals surface area contributed by atoms with Crippen LogP contribution in [0.1, 0.15) is 28.4 Å². The quantitative estimate of drug-likeness (QED) is 0.423. The first kappa shape index (κ1) is 21.0. The highest BCUT2D eigenvalue weighted by atomic mass is 16.6. The van der Waals surface area contributed by atoms with Crippen LogP contribution in [0.5, 0.6) is 5.75 Å². The summed E-state index contributed by atoms with van der Waals surface area (Å²) in [6.07, 6.45) is 3.25. The van der Waals surface area contributed by atoms with Crippen molar-refractivity contribution in [2.75, 3.05) is 11.9 Å². The molecule has 0 saturated heterocycles. The first-order valence-electron chi connectivity index (χ1n) is 9.34. The number of aryl methyl sites for hydroxylation is 1. The molecule has 3 aromatic rings. The third-order valence-electron chi connectivity index (χ3n) is 4.28. The zero-order valence-electron chi connectivity index (χ0n) is 16.7. The Morgan fingerprint density at radius 1 is 1.27 bits per heavy atom. The molecule has 0 fully saturated rings. The highest BCUT2D eigenvalue weighted by Gasteiger charge is 2.12. The zero-order valence-corrected chi connectivity index (χ0v) is 16.7. The van der Waals surface area contributed by atoms with Crippen LogP contribution in [0.4, 0.5) is 11.4 Å². The molecule has 0 saturated carbocycles. The van der Waals surface area contributed by atoms with Crippen LogP contribution >= 0.6 is 0 Å². The lowest BCUT2D eigenvalue weighted by molar-refractivity contribution is -0.385. The standard InChI is InChI=1S/C21H22N4O5/c1-3-29-14-24-12-18(11-22-24)23-21(26)17-6-4-5-16(10-17)13-30-19-7-8-20(25(27)28)15(2)9-19/h4-12H,3,13-14H2,1-2H3,(H,23,26). The van der Waals surface area contributed by atoms with E-state index in [0.29, 0.717) is 35.9 Å². The number of nitrogens with zero attached hydrogens (tertiary/aromatic N) is 3. The van der Waals surface area contributed by atoms with E-state index in [2.05, 4.69) is 10.4 Å². The summed E-state index contributed by atoms with van der Waals surface area (Å²) in [6, 6.07) is 11.6. The van der Waals surface area contributed by atoms with E-state index < -0.39 is 4.92 Å².